The Morgan fingerprint density at radius 2 is 1.75 bits per heavy atom. The second kappa shape index (κ2) is 10.4. The number of piperidine rings is 2. The van der Waals surface area contributed by atoms with Crippen molar-refractivity contribution < 1.29 is 19.2 Å². The topological polar surface area (TPSA) is 121 Å². The summed E-state index contributed by atoms with van der Waals surface area (Å²) in [6, 6.07) is 0. The van der Waals surface area contributed by atoms with Crippen LogP contribution in [-0.2, 0) is 14.4 Å². The van der Waals surface area contributed by atoms with Crippen molar-refractivity contribution >= 4 is 35.0 Å². The zero-order valence-electron chi connectivity index (χ0n) is 18.2. The number of hydrogen-bond acceptors (Lipinski definition) is 6. The summed E-state index contributed by atoms with van der Waals surface area (Å²) < 4.78 is 0. The smallest absolute Gasteiger partial charge is 0.289 e. The molecule has 3 aliphatic rings. The van der Waals surface area contributed by atoms with Crippen LogP contribution in [0.15, 0.2) is 5.38 Å². The van der Waals surface area contributed by atoms with Gasteiger partial charge >= 0.3 is 0 Å². The zero-order chi connectivity index (χ0) is 22.5. The molecule has 1 unspecified atom stereocenters. The summed E-state index contributed by atoms with van der Waals surface area (Å²) in [6.45, 7) is 2.05. The SMILES string of the molecule is O=C(NNC(=O)C1CCCNC1=O)c1csc(C2CCN(C(=O)C3CCCCC3)CC2)n1. The Bertz CT molecular complexity index is 858. The van der Waals surface area contributed by atoms with Gasteiger partial charge in [-0.1, -0.05) is 19.3 Å². The van der Waals surface area contributed by atoms with Crippen LogP contribution in [0.2, 0.25) is 0 Å². The van der Waals surface area contributed by atoms with Crippen LogP contribution in [0, 0.1) is 11.8 Å². The second-order valence-electron chi connectivity index (χ2n) is 8.93. The fourth-order valence-corrected chi connectivity index (χ4v) is 5.80. The van der Waals surface area contributed by atoms with Crippen LogP contribution in [-0.4, -0.2) is 53.1 Å². The molecule has 4 amide bonds. The normalized spacial score (nSPS) is 22.8. The number of aromatic nitrogens is 1. The quantitative estimate of drug-likeness (QED) is 0.466. The lowest BCUT2D eigenvalue weighted by Gasteiger charge is -2.34. The molecule has 0 aromatic carbocycles. The highest BCUT2D eigenvalue weighted by molar-refractivity contribution is 7.09. The molecule has 0 radical (unpaired) electrons. The maximum absolute atomic E-state index is 12.8. The monoisotopic (exact) mass is 461 g/mol. The fraction of sp³-hybridized carbons (Fsp3) is 0.682. The average Bonchev–Trinajstić information content (AvgIpc) is 3.33. The first kappa shape index (κ1) is 22.7. The van der Waals surface area contributed by atoms with Crippen molar-refractivity contribution in [2.24, 2.45) is 11.8 Å². The van der Waals surface area contributed by atoms with E-state index >= 15 is 0 Å². The lowest BCUT2D eigenvalue weighted by Crippen LogP contribution is -2.50. The molecule has 3 heterocycles. The Morgan fingerprint density at radius 1 is 1.00 bits per heavy atom. The van der Waals surface area contributed by atoms with E-state index in [1.165, 1.54) is 17.8 Å². The van der Waals surface area contributed by atoms with Crippen LogP contribution in [0.5, 0.6) is 0 Å². The predicted molar refractivity (Wildman–Crippen MR) is 119 cm³/mol. The molecular formula is C22H31N5O4S. The van der Waals surface area contributed by atoms with Crippen molar-refractivity contribution in [3.05, 3.63) is 16.1 Å². The first-order valence-corrected chi connectivity index (χ1v) is 12.5. The van der Waals surface area contributed by atoms with Gasteiger partial charge in [0.25, 0.3) is 11.8 Å². The number of carbonyl (C=O) groups excluding carboxylic acids is 4. The van der Waals surface area contributed by atoms with Crippen molar-refractivity contribution in [3.63, 3.8) is 0 Å². The van der Waals surface area contributed by atoms with E-state index in [0.717, 1.165) is 63.0 Å². The zero-order valence-corrected chi connectivity index (χ0v) is 19.0. The predicted octanol–water partition coefficient (Wildman–Crippen LogP) is 1.72. The summed E-state index contributed by atoms with van der Waals surface area (Å²) in [5, 5.41) is 5.22. The molecule has 3 fully saturated rings. The molecule has 32 heavy (non-hydrogen) atoms. The Morgan fingerprint density at radius 3 is 2.47 bits per heavy atom. The third kappa shape index (κ3) is 5.28. The number of amides is 4. The van der Waals surface area contributed by atoms with E-state index in [9.17, 15) is 19.2 Å². The van der Waals surface area contributed by atoms with Crippen molar-refractivity contribution in [2.75, 3.05) is 19.6 Å². The summed E-state index contributed by atoms with van der Waals surface area (Å²) >= 11 is 1.43. The number of hydrazine groups is 1. The molecule has 9 nitrogen and oxygen atoms in total. The van der Waals surface area contributed by atoms with Gasteiger partial charge in [0.15, 0.2) is 0 Å². The molecule has 1 aromatic rings. The van der Waals surface area contributed by atoms with E-state index in [0.29, 0.717) is 18.9 Å². The second-order valence-corrected chi connectivity index (χ2v) is 9.82. The highest BCUT2D eigenvalue weighted by atomic mass is 32.1. The van der Waals surface area contributed by atoms with Gasteiger partial charge in [-0.25, -0.2) is 4.98 Å². The van der Waals surface area contributed by atoms with Gasteiger partial charge < -0.3 is 10.2 Å². The van der Waals surface area contributed by atoms with E-state index in [1.807, 2.05) is 4.90 Å². The number of thiazole rings is 1. The summed E-state index contributed by atoms with van der Waals surface area (Å²) in [7, 11) is 0. The van der Waals surface area contributed by atoms with Gasteiger partial charge in [-0.2, -0.15) is 0 Å². The van der Waals surface area contributed by atoms with Crippen LogP contribution < -0.4 is 16.2 Å². The minimum Gasteiger partial charge on any atom is -0.355 e. The van der Waals surface area contributed by atoms with E-state index in [-0.39, 0.29) is 23.4 Å². The first-order chi connectivity index (χ1) is 15.5. The highest BCUT2D eigenvalue weighted by Gasteiger charge is 2.31. The molecule has 0 bridgehead atoms. The molecule has 1 aliphatic carbocycles. The minimum atomic E-state index is -0.781. The largest absolute Gasteiger partial charge is 0.355 e. The number of likely N-dealkylation sites (tertiary alicyclic amines) is 1. The molecule has 2 aliphatic heterocycles. The van der Waals surface area contributed by atoms with E-state index in [4.69, 9.17) is 0 Å². The molecule has 1 aromatic heterocycles. The van der Waals surface area contributed by atoms with Crippen LogP contribution in [0.1, 0.15) is 79.2 Å². The maximum atomic E-state index is 12.8. The third-order valence-corrected chi connectivity index (χ3v) is 7.77. The van der Waals surface area contributed by atoms with Crippen molar-refractivity contribution in [1.29, 1.82) is 0 Å². The molecular weight excluding hydrogens is 430 g/mol. The molecule has 0 spiro atoms. The Kier molecular flexibility index (Phi) is 7.39. The van der Waals surface area contributed by atoms with Crippen LogP contribution >= 0.6 is 11.3 Å². The standard InChI is InChI=1S/C22H31N5O4S/c28-18-16(7-4-10-23-18)19(29)25-26-20(30)17-13-32-21(24-17)14-8-11-27(12-9-14)22(31)15-5-2-1-3-6-15/h13-16H,1-12H2,(H,23,28)(H,25,29)(H,26,30). The number of carbonyl (C=O) groups is 4. The van der Waals surface area contributed by atoms with Crippen LogP contribution in [0.3, 0.4) is 0 Å². The minimum absolute atomic E-state index is 0.199. The van der Waals surface area contributed by atoms with Crippen molar-refractivity contribution in [2.45, 2.75) is 63.7 Å². The van der Waals surface area contributed by atoms with Crippen molar-refractivity contribution in [3.8, 4) is 0 Å². The lowest BCUT2D eigenvalue weighted by atomic mass is 9.87. The number of nitrogens with zero attached hydrogens (tertiary/aromatic N) is 2. The lowest BCUT2D eigenvalue weighted by molar-refractivity contribution is -0.138. The fourth-order valence-electron chi connectivity index (χ4n) is 4.83. The van der Waals surface area contributed by atoms with Gasteiger partial charge in [0.2, 0.25) is 11.8 Å². The summed E-state index contributed by atoms with van der Waals surface area (Å²) in [4.78, 5) is 55.5. The number of hydrogen-bond donors (Lipinski definition) is 3. The van der Waals surface area contributed by atoms with Gasteiger partial charge in [0, 0.05) is 36.9 Å². The molecule has 10 heteroatoms. The maximum Gasteiger partial charge on any atom is 0.289 e. The van der Waals surface area contributed by atoms with Crippen molar-refractivity contribution in [1.82, 2.24) is 26.1 Å². The van der Waals surface area contributed by atoms with Gasteiger partial charge in [0.1, 0.15) is 11.6 Å². The molecule has 3 N–H and O–H groups in total. The summed E-state index contributed by atoms with van der Waals surface area (Å²) in [5.41, 5.74) is 4.95. The van der Waals surface area contributed by atoms with Gasteiger partial charge in [-0.3, -0.25) is 30.0 Å². The third-order valence-electron chi connectivity index (χ3n) is 6.77. The Labute approximate surface area is 191 Å². The summed E-state index contributed by atoms with van der Waals surface area (Å²) in [5.74, 6) is -1.36. The summed E-state index contributed by atoms with van der Waals surface area (Å²) in [6.07, 6.45) is 8.49. The van der Waals surface area contributed by atoms with Gasteiger partial charge in [0.05, 0.1) is 5.01 Å². The van der Waals surface area contributed by atoms with Crippen LogP contribution in [0.4, 0.5) is 0 Å². The van der Waals surface area contributed by atoms with E-state index in [2.05, 4.69) is 21.2 Å². The molecule has 1 saturated carbocycles. The first-order valence-electron chi connectivity index (χ1n) is 11.6. The van der Waals surface area contributed by atoms with E-state index < -0.39 is 17.7 Å². The molecule has 4 rings (SSSR count). The number of nitrogens with one attached hydrogen (secondary N) is 3. The Hall–Kier alpha value is -2.49. The molecule has 2 saturated heterocycles. The molecule has 174 valence electrons. The highest BCUT2D eigenvalue weighted by Crippen LogP contribution is 2.32. The number of rotatable bonds is 4. The average molecular weight is 462 g/mol. The van der Waals surface area contributed by atoms with Gasteiger partial charge in [-0.15, -0.1) is 11.3 Å². The molecule has 1 atom stereocenters. The van der Waals surface area contributed by atoms with Gasteiger partial charge in [-0.05, 0) is 38.5 Å². The van der Waals surface area contributed by atoms with E-state index in [1.54, 1.807) is 5.38 Å². The van der Waals surface area contributed by atoms with Crippen LogP contribution in [0.25, 0.3) is 0 Å². The Balaban J connectivity index is 1.24.